The van der Waals surface area contributed by atoms with Crippen LogP contribution in [0, 0.1) is 0 Å². The monoisotopic (exact) mass is 1000 g/mol. The Bertz CT molecular complexity index is 2980. The Kier molecular flexibility index (Phi) is 17.3. The maximum atomic E-state index is 2.64. The van der Waals surface area contributed by atoms with Crippen molar-refractivity contribution in [3.63, 3.8) is 0 Å². The van der Waals surface area contributed by atoms with Crippen molar-refractivity contribution in [3.05, 3.63) is 299 Å². The van der Waals surface area contributed by atoms with Crippen LogP contribution in [-0.2, 0) is 37.7 Å². The van der Waals surface area contributed by atoms with Crippen molar-refractivity contribution >= 4 is 55.6 Å². The Hall–Kier alpha value is -6.25. The molecule has 0 saturated heterocycles. The Morgan fingerprint density at radius 3 is 0.986 bits per heavy atom. The molecular weight excluding hydrogens is 934 g/mol. The van der Waals surface area contributed by atoms with Gasteiger partial charge in [-0.25, -0.2) is 0 Å². The Morgan fingerprint density at radius 2 is 0.671 bits per heavy atom. The minimum Gasteiger partial charge on any atom is -0.0840 e. The van der Waals surface area contributed by atoms with Gasteiger partial charge in [-0.3, -0.25) is 0 Å². The molecule has 9 aromatic rings. The van der Waals surface area contributed by atoms with Crippen molar-refractivity contribution < 1.29 is 0 Å². The summed E-state index contributed by atoms with van der Waals surface area (Å²) in [6.07, 6.45) is 16.3. The minimum atomic E-state index is -0.760. The van der Waals surface area contributed by atoms with Crippen LogP contribution in [0.15, 0.2) is 260 Å². The molecule has 0 heterocycles. The molecule has 3 heteroatoms. The SMILES string of the molecule is CCc1cc(CC(CC2=CCCC=C2)c2ccccc2)c(-c2c(CP(c3ccccc3)c3ccccc3)cc(CC)cc2CP(c2ccccc2)c2ccccc2)c(CP(c2ccccc2)c2ccccc2)c1. The Labute approximate surface area is 440 Å². The average Bonchev–Trinajstić information content (AvgIpc) is 3.47. The van der Waals surface area contributed by atoms with Crippen molar-refractivity contribution in [2.45, 2.75) is 76.8 Å². The van der Waals surface area contributed by atoms with Crippen LogP contribution < -0.4 is 31.8 Å². The zero-order valence-corrected chi connectivity index (χ0v) is 45.2. The smallest absolute Gasteiger partial charge is 0.00138 e. The standard InChI is InChI=1S/C70H67P3/c1-3-54-45-59(50-58(57-31-15-6-16-32-57)49-56-29-13-5-14-30-56)69(60(46-54)51-71(63-33-17-7-18-34-63)64-35-19-8-20-36-64)70-61(52-72(65-37-21-9-22-38-65)66-39-23-10-24-40-66)47-55(4-2)48-62(70)53-73(67-41-25-11-26-42-67)68-43-27-12-28-44-68/h6-13,15-48,58H,3-5,14,49-53H2,1-2H3. The lowest BCUT2D eigenvalue weighted by molar-refractivity contribution is 0.678. The van der Waals surface area contributed by atoms with Gasteiger partial charge in [0.05, 0.1) is 0 Å². The van der Waals surface area contributed by atoms with Crippen molar-refractivity contribution in [3.8, 4) is 11.1 Å². The number of benzene rings is 9. The summed E-state index contributed by atoms with van der Waals surface area (Å²) in [6.45, 7) is 4.72. The summed E-state index contributed by atoms with van der Waals surface area (Å²) in [4.78, 5) is 0. The van der Waals surface area contributed by atoms with Crippen LogP contribution >= 0.6 is 23.8 Å². The molecule has 0 fully saturated rings. The average molecular weight is 1000 g/mol. The fraction of sp³-hybridized carbons (Fsp3) is 0.171. The van der Waals surface area contributed by atoms with E-state index in [0.29, 0.717) is 5.92 Å². The van der Waals surface area contributed by atoms with Crippen LogP contribution in [0.4, 0.5) is 0 Å². The fourth-order valence-corrected chi connectivity index (χ4v) is 17.8. The summed E-state index contributed by atoms with van der Waals surface area (Å²) in [5.74, 6) is 0.303. The number of allylic oxidation sites excluding steroid dienone is 4. The van der Waals surface area contributed by atoms with Gasteiger partial charge in [0.25, 0.3) is 0 Å². The number of hydrogen-bond acceptors (Lipinski definition) is 0. The fourth-order valence-electron chi connectivity index (χ4n) is 10.8. The highest BCUT2D eigenvalue weighted by atomic mass is 31.1. The van der Waals surface area contributed by atoms with Crippen LogP contribution in [0.5, 0.6) is 0 Å². The molecule has 0 nitrogen and oxygen atoms in total. The van der Waals surface area contributed by atoms with Gasteiger partial charge >= 0.3 is 0 Å². The predicted octanol–water partition coefficient (Wildman–Crippen LogP) is 16.4. The van der Waals surface area contributed by atoms with Crippen LogP contribution in [0.25, 0.3) is 11.1 Å². The molecule has 1 aliphatic carbocycles. The van der Waals surface area contributed by atoms with Crippen LogP contribution in [0.2, 0.25) is 0 Å². The second kappa shape index (κ2) is 25.1. The van der Waals surface area contributed by atoms with Crippen LogP contribution in [0.3, 0.4) is 0 Å². The highest BCUT2D eigenvalue weighted by Crippen LogP contribution is 2.50. The lowest BCUT2D eigenvalue weighted by Gasteiger charge is -2.30. The molecule has 10 rings (SSSR count). The number of hydrogen-bond donors (Lipinski definition) is 0. The van der Waals surface area contributed by atoms with Crippen LogP contribution in [-0.4, -0.2) is 0 Å². The van der Waals surface area contributed by atoms with E-state index in [-0.39, 0.29) is 0 Å². The first kappa shape index (κ1) is 50.3. The van der Waals surface area contributed by atoms with Gasteiger partial charge in [0.15, 0.2) is 0 Å². The van der Waals surface area contributed by atoms with E-state index in [1.54, 1.807) is 0 Å². The molecule has 9 aromatic carbocycles. The molecular formula is C70H67P3. The summed E-state index contributed by atoms with van der Waals surface area (Å²) < 4.78 is 0. The van der Waals surface area contributed by atoms with Gasteiger partial charge in [0, 0.05) is 18.5 Å². The number of aryl methyl sites for hydroxylation is 2. The summed E-state index contributed by atoms with van der Waals surface area (Å²) >= 11 is 0. The van der Waals surface area contributed by atoms with E-state index in [1.807, 2.05) is 0 Å². The summed E-state index contributed by atoms with van der Waals surface area (Å²) in [5.41, 5.74) is 14.6. The second-order valence-corrected chi connectivity index (χ2v) is 25.9. The van der Waals surface area contributed by atoms with Gasteiger partial charge in [0.1, 0.15) is 0 Å². The molecule has 0 bridgehead atoms. The molecule has 0 saturated carbocycles. The van der Waals surface area contributed by atoms with E-state index >= 15 is 0 Å². The second-order valence-electron chi connectivity index (χ2n) is 19.3. The first-order chi connectivity index (χ1) is 36.1. The van der Waals surface area contributed by atoms with Gasteiger partial charge < -0.3 is 0 Å². The van der Waals surface area contributed by atoms with Gasteiger partial charge in [0.2, 0.25) is 0 Å². The summed E-state index contributed by atoms with van der Waals surface area (Å²) in [6, 6.07) is 90.5. The molecule has 1 unspecified atom stereocenters. The largest absolute Gasteiger partial charge is 0.0840 e. The third-order valence-corrected chi connectivity index (χ3v) is 22.0. The highest BCUT2D eigenvalue weighted by Gasteiger charge is 2.29. The first-order valence-corrected chi connectivity index (χ1v) is 31.0. The third-order valence-electron chi connectivity index (χ3n) is 14.5. The maximum absolute atomic E-state index is 2.64. The molecule has 73 heavy (non-hydrogen) atoms. The predicted molar refractivity (Wildman–Crippen MR) is 323 cm³/mol. The number of rotatable bonds is 20. The molecule has 1 atom stereocenters. The van der Waals surface area contributed by atoms with E-state index in [2.05, 4.69) is 269 Å². The van der Waals surface area contributed by atoms with Gasteiger partial charge in [-0.15, -0.1) is 0 Å². The molecule has 0 radical (unpaired) electrons. The van der Waals surface area contributed by atoms with E-state index in [0.717, 1.165) is 57.0 Å². The molecule has 0 aromatic heterocycles. The quantitative estimate of drug-likeness (QED) is 0.0668. The van der Waals surface area contributed by atoms with E-state index in [9.17, 15) is 0 Å². The van der Waals surface area contributed by atoms with Crippen molar-refractivity contribution in [2.24, 2.45) is 0 Å². The van der Waals surface area contributed by atoms with Gasteiger partial charge in [-0.05, 0) is 150 Å². The van der Waals surface area contributed by atoms with E-state index < -0.39 is 23.8 Å². The summed E-state index contributed by atoms with van der Waals surface area (Å²) in [5, 5.41) is 8.53. The Morgan fingerprint density at radius 1 is 0.356 bits per heavy atom. The third kappa shape index (κ3) is 12.6. The molecule has 0 N–H and O–H groups in total. The lowest BCUT2D eigenvalue weighted by atomic mass is 9.80. The topological polar surface area (TPSA) is 0 Å². The molecule has 0 amide bonds. The van der Waals surface area contributed by atoms with Crippen molar-refractivity contribution in [1.82, 2.24) is 0 Å². The van der Waals surface area contributed by atoms with Crippen molar-refractivity contribution in [2.75, 3.05) is 0 Å². The van der Waals surface area contributed by atoms with E-state index in [4.69, 9.17) is 0 Å². The normalized spacial score (nSPS) is 12.9. The lowest BCUT2D eigenvalue weighted by Crippen LogP contribution is -2.17. The molecule has 0 aliphatic heterocycles. The first-order valence-electron chi connectivity index (χ1n) is 26.4. The zero-order chi connectivity index (χ0) is 49.6. The van der Waals surface area contributed by atoms with Gasteiger partial charge in [-0.2, -0.15) is 0 Å². The van der Waals surface area contributed by atoms with Crippen molar-refractivity contribution in [1.29, 1.82) is 0 Å². The van der Waals surface area contributed by atoms with Crippen LogP contribution in [0.1, 0.15) is 78.0 Å². The summed E-state index contributed by atoms with van der Waals surface area (Å²) in [7, 11) is -2.28. The van der Waals surface area contributed by atoms with E-state index in [1.165, 1.54) is 87.5 Å². The molecule has 362 valence electrons. The zero-order valence-electron chi connectivity index (χ0n) is 42.5. The Balaban J connectivity index is 1.28. The molecule has 0 spiro atoms. The maximum Gasteiger partial charge on any atom is 0.00138 e. The molecule has 1 aliphatic rings. The highest BCUT2D eigenvalue weighted by molar-refractivity contribution is 7.73. The minimum absolute atomic E-state index is 0.303. The van der Waals surface area contributed by atoms with Gasteiger partial charge in [-0.1, -0.05) is 274 Å².